The van der Waals surface area contributed by atoms with E-state index in [0.717, 1.165) is 36.3 Å². The van der Waals surface area contributed by atoms with Crippen LogP contribution in [0.2, 0.25) is 0 Å². The standard InChI is InChI=1S/C17H19N3O4/c21-17(11-1-3-14-12(7-11)9-19-20-14)18-5-6-22-13-2-4-15-16(8-13)24-10-23-15/h2,4,8-9,11H,1,3,5-7,10H2,(H,18,21)(H,19,20)/t11-/m0/s1. The Balaban J connectivity index is 1.22. The van der Waals surface area contributed by atoms with E-state index in [1.807, 2.05) is 18.3 Å². The number of aromatic nitrogens is 2. The maximum absolute atomic E-state index is 12.3. The van der Waals surface area contributed by atoms with Gasteiger partial charge in [0.15, 0.2) is 11.5 Å². The van der Waals surface area contributed by atoms with Gasteiger partial charge < -0.3 is 19.5 Å². The molecule has 2 N–H and O–H groups in total. The summed E-state index contributed by atoms with van der Waals surface area (Å²) in [7, 11) is 0. The summed E-state index contributed by atoms with van der Waals surface area (Å²) < 4.78 is 16.2. The maximum Gasteiger partial charge on any atom is 0.231 e. The fourth-order valence-corrected chi connectivity index (χ4v) is 3.09. The zero-order valence-electron chi connectivity index (χ0n) is 13.2. The number of benzene rings is 1. The Morgan fingerprint density at radius 3 is 3.25 bits per heavy atom. The molecular formula is C17H19N3O4. The van der Waals surface area contributed by atoms with Crippen LogP contribution < -0.4 is 19.5 Å². The summed E-state index contributed by atoms with van der Waals surface area (Å²) in [6.45, 7) is 1.13. The molecule has 7 nitrogen and oxygen atoms in total. The molecule has 2 aliphatic rings. The molecule has 0 radical (unpaired) electrons. The molecule has 1 aliphatic carbocycles. The number of aryl methyl sites for hydroxylation is 1. The lowest BCUT2D eigenvalue weighted by Crippen LogP contribution is -2.36. The Kier molecular flexibility index (Phi) is 3.98. The van der Waals surface area contributed by atoms with Crippen LogP contribution in [0.4, 0.5) is 0 Å². The molecule has 2 aromatic rings. The predicted molar refractivity (Wildman–Crippen MR) is 85.2 cm³/mol. The van der Waals surface area contributed by atoms with Crippen LogP contribution in [0.3, 0.4) is 0 Å². The third kappa shape index (κ3) is 3.02. The summed E-state index contributed by atoms with van der Waals surface area (Å²) in [6.07, 6.45) is 4.30. The molecule has 0 fully saturated rings. The van der Waals surface area contributed by atoms with Crippen molar-refractivity contribution in [1.29, 1.82) is 0 Å². The van der Waals surface area contributed by atoms with Crippen molar-refractivity contribution in [3.63, 3.8) is 0 Å². The second-order valence-electron chi connectivity index (χ2n) is 5.97. The largest absolute Gasteiger partial charge is 0.492 e. The van der Waals surface area contributed by atoms with Crippen molar-refractivity contribution in [2.24, 2.45) is 5.92 Å². The summed E-state index contributed by atoms with van der Waals surface area (Å²) in [5.41, 5.74) is 2.31. The lowest BCUT2D eigenvalue weighted by atomic mass is 9.87. The predicted octanol–water partition coefficient (Wildman–Crippen LogP) is 1.44. The van der Waals surface area contributed by atoms with E-state index in [9.17, 15) is 4.79 Å². The quantitative estimate of drug-likeness (QED) is 0.811. The number of hydrogen-bond donors (Lipinski definition) is 2. The van der Waals surface area contributed by atoms with E-state index in [-0.39, 0.29) is 18.6 Å². The topological polar surface area (TPSA) is 85.5 Å². The Labute approximate surface area is 139 Å². The van der Waals surface area contributed by atoms with Crippen molar-refractivity contribution in [1.82, 2.24) is 15.5 Å². The van der Waals surface area contributed by atoms with Crippen molar-refractivity contribution in [3.05, 3.63) is 35.7 Å². The van der Waals surface area contributed by atoms with E-state index in [2.05, 4.69) is 15.5 Å². The number of fused-ring (bicyclic) bond motifs is 2. The zero-order chi connectivity index (χ0) is 16.4. The Morgan fingerprint density at radius 1 is 1.38 bits per heavy atom. The van der Waals surface area contributed by atoms with E-state index < -0.39 is 0 Å². The molecule has 0 bridgehead atoms. The van der Waals surface area contributed by atoms with Crippen LogP contribution >= 0.6 is 0 Å². The number of nitrogens with one attached hydrogen (secondary N) is 2. The van der Waals surface area contributed by atoms with Gasteiger partial charge in [0.1, 0.15) is 12.4 Å². The number of H-pyrrole nitrogens is 1. The Hall–Kier alpha value is -2.70. The summed E-state index contributed by atoms with van der Waals surface area (Å²) in [6, 6.07) is 5.45. The molecule has 7 heteroatoms. The van der Waals surface area contributed by atoms with Crippen LogP contribution in [-0.4, -0.2) is 36.0 Å². The number of carbonyl (C=O) groups excluding carboxylic acids is 1. The van der Waals surface area contributed by atoms with Crippen molar-refractivity contribution in [2.45, 2.75) is 19.3 Å². The molecular weight excluding hydrogens is 310 g/mol. The molecule has 1 aliphatic heterocycles. The molecule has 0 spiro atoms. The molecule has 126 valence electrons. The van der Waals surface area contributed by atoms with Gasteiger partial charge in [-0.3, -0.25) is 9.89 Å². The average molecular weight is 329 g/mol. The van der Waals surface area contributed by atoms with E-state index in [1.165, 1.54) is 0 Å². The molecule has 0 saturated heterocycles. The number of rotatable bonds is 5. The normalized spacial score (nSPS) is 18.1. The highest BCUT2D eigenvalue weighted by Crippen LogP contribution is 2.35. The second kappa shape index (κ2) is 6.43. The minimum atomic E-state index is 0.0145. The molecule has 0 unspecified atom stereocenters. The van der Waals surface area contributed by atoms with Crippen LogP contribution in [0.25, 0.3) is 0 Å². The van der Waals surface area contributed by atoms with E-state index >= 15 is 0 Å². The number of aromatic amines is 1. The second-order valence-corrected chi connectivity index (χ2v) is 5.97. The minimum absolute atomic E-state index is 0.0145. The summed E-state index contributed by atoms with van der Waals surface area (Å²) >= 11 is 0. The number of amides is 1. The van der Waals surface area contributed by atoms with Crippen molar-refractivity contribution >= 4 is 5.91 Å². The molecule has 24 heavy (non-hydrogen) atoms. The monoisotopic (exact) mass is 329 g/mol. The minimum Gasteiger partial charge on any atom is -0.492 e. The SMILES string of the molecule is O=C(NCCOc1ccc2c(c1)OCO2)[C@H]1CCc2[nH]ncc2C1. The van der Waals surface area contributed by atoms with E-state index in [4.69, 9.17) is 14.2 Å². The first kappa shape index (κ1) is 14.9. The Bertz CT molecular complexity index is 743. The lowest BCUT2D eigenvalue weighted by Gasteiger charge is -2.20. The molecule has 1 aromatic carbocycles. The van der Waals surface area contributed by atoms with Gasteiger partial charge in [-0.15, -0.1) is 0 Å². The maximum atomic E-state index is 12.3. The average Bonchev–Trinajstić information content (AvgIpc) is 3.25. The highest BCUT2D eigenvalue weighted by molar-refractivity contribution is 5.79. The van der Waals surface area contributed by atoms with Crippen LogP contribution in [0.1, 0.15) is 17.7 Å². The van der Waals surface area contributed by atoms with Gasteiger partial charge in [-0.1, -0.05) is 0 Å². The molecule has 1 amide bonds. The molecule has 2 heterocycles. The number of ether oxygens (including phenoxy) is 3. The first-order valence-electron chi connectivity index (χ1n) is 8.11. The summed E-state index contributed by atoms with van der Waals surface area (Å²) in [5.74, 6) is 2.22. The Morgan fingerprint density at radius 2 is 2.29 bits per heavy atom. The van der Waals surface area contributed by atoms with E-state index in [0.29, 0.717) is 24.7 Å². The van der Waals surface area contributed by atoms with Gasteiger partial charge >= 0.3 is 0 Å². The van der Waals surface area contributed by atoms with Crippen LogP contribution in [0.15, 0.2) is 24.4 Å². The van der Waals surface area contributed by atoms with Crippen LogP contribution in [0.5, 0.6) is 17.2 Å². The van der Waals surface area contributed by atoms with Gasteiger partial charge in [0, 0.05) is 17.7 Å². The fraction of sp³-hybridized carbons (Fsp3) is 0.412. The van der Waals surface area contributed by atoms with Gasteiger partial charge in [0.05, 0.1) is 12.7 Å². The molecule has 1 aromatic heterocycles. The van der Waals surface area contributed by atoms with Gasteiger partial charge in [-0.2, -0.15) is 5.10 Å². The van der Waals surface area contributed by atoms with Crippen molar-refractivity contribution in [2.75, 3.05) is 19.9 Å². The lowest BCUT2D eigenvalue weighted by molar-refractivity contribution is -0.125. The first-order chi connectivity index (χ1) is 11.8. The smallest absolute Gasteiger partial charge is 0.231 e. The van der Waals surface area contributed by atoms with Crippen LogP contribution in [-0.2, 0) is 17.6 Å². The third-order valence-electron chi connectivity index (χ3n) is 4.40. The first-order valence-corrected chi connectivity index (χ1v) is 8.11. The number of nitrogens with zero attached hydrogens (tertiary/aromatic N) is 1. The van der Waals surface area contributed by atoms with Gasteiger partial charge in [-0.05, 0) is 37.0 Å². The molecule has 4 rings (SSSR count). The number of hydrogen-bond acceptors (Lipinski definition) is 5. The van der Waals surface area contributed by atoms with Gasteiger partial charge in [0.25, 0.3) is 0 Å². The summed E-state index contributed by atoms with van der Waals surface area (Å²) in [4.78, 5) is 12.3. The number of carbonyl (C=O) groups is 1. The molecule has 0 saturated carbocycles. The van der Waals surface area contributed by atoms with Crippen LogP contribution in [0, 0.1) is 5.92 Å². The highest BCUT2D eigenvalue weighted by Gasteiger charge is 2.25. The van der Waals surface area contributed by atoms with Gasteiger partial charge in [0.2, 0.25) is 12.7 Å². The van der Waals surface area contributed by atoms with E-state index in [1.54, 1.807) is 6.07 Å². The van der Waals surface area contributed by atoms with Gasteiger partial charge in [-0.25, -0.2) is 0 Å². The zero-order valence-corrected chi connectivity index (χ0v) is 13.2. The highest BCUT2D eigenvalue weighted by atomic mass is 16.7. The summed E-state index contributed by atoms with van der Waals surface area (Å²) in [5, 5.41) is 9.97. The van der Waals surface area contributed by atoms with Crippen molar-refractivity contribution < 1.29 is 19.0 Å². The fourth-order valence-electron chi connectivity index (χ4n) is 3.09. The molecule has 1 atom stereocenters. The third-order valence-corrected chi connectivity index (χ3v) is 4.40. The van der Waals surface area contributed by atoms with Crippen molar-refractivity contribution in [3.8, 4) is 17.2 Å².